The molecule has 2 amide bonds. The van der Waals surface area contributed by atoms with Crippen LogP contribution in [0.4, 0.5) is 0 Å². The second kappa shape index (κ2) is 8.17. The van der Waals surface area contributed by atoms with Crippen LogP contribution in [0.25, 0.3) is 0 Å². The summed E-state index contributed by atoms with van der Waals surface area (Å²) >= 11 is 0. The third-order valence-corrected chi connectivity index (χ3v) is 6.23. The van der Waals surface area contributed by atoms with E-state index in [0.29, 0.717) is 25.4 Å². The highest BCUT2D eigenvalue weighted by atomic mass is 16.2. The van der Waals surface area contributed by atoms with Crippen LogP contribution in [0.5, 0.6) is 0 Å². The normalized spacial score (nSPS) is 20.8. The Hall–Kier alpha value is -2.62. The molecular formula is C24H28N2O2. The molecule has 0 saturated heterocycles. The number of hydrogen-bond donors (Lipinski definition) is 1. The molecular weight excluding hydrogens is 348 g/mol. The number of benzene rings is 2. The highest BCUT2D eigenvalue weighted by molar-refractivity contribution is 5.79. The maximum atomic E-state index is 12.8. The number of carbonyl (C=O) groups is 2. The number of rotatable bonds is 4. The van der Waals surface area contributed by atoms with Crippen LogP contribution < -0.4 is 5.32 Å². The minimum atomic E-state index is -0.166. The molecule has 2 atom stereocenters. The van der Waals surface area contributed by atoms with Crippen LogP contribution in [-0.2, 0) is 22.4 Å². The maximum Gasteiger partial charge on any atom is 0.222 e. The van der Waals surface area contributed by atoms with Crippen LogP contribution in [0.15, 0.2) is 48.5 Å². The predicted molar refractivity (Wildman–Crippen MR) is 110 cm³/mol. The van der Waals surface area contributed by atoms with Crippen molar-refractivity contribution in [3.8, 4) is 0 Å². The number of nitrogens with one attached hydrogen (secondary N) is 1. The molecule has 4 nitrogen and oxygen atoms in total. The summed E-state index contributed by atoms with van der Waals surface area (Å²) in [5, 5.41) is 3.15. The fourth-order valence-corrected chi connectivity index (χ4v) is 4.80. The number of hydrogen-bond acceptors (Lipinski definition) is 2. The lowest BCUT2D eigenvalue weighted by molar-refractivity contribution is -0.133. The lowest BCUT2D eigenvalue weighted by Gasteiger charge is -2.36. The first-order valence-corrected chi connectivity index (χ1v) is 10.3. The molecule has 0 radical (unpaired) electrons. The Morgan fingerprint density at radius 2 is 1.68 bits per heavy atom. The Morgan fingerprint density at radius 1 is 1.00 bits per heavy atom. The minimum absolute atomic E-state index is 0.0241. The van der Waals surface area contributed by atoms with E-state index in [0.717, 1.165) is 24.8 Å². The lowest BCUT2D eigenvalue weighted by Crippen LogP contribution is -2.41. The molecule has 2 unspecified atom stereocenters. The van der Waals surface area contributed by atoms with E-state index < -0.39 is 0 Å². The third-order valence-electron chi connectivity index (χ3n) is 6.23. The topological polar surface area (TPSA) is 49.4 Å². The van der Waals surface area contributed by atoms with Gasteiger partial charge in [-0.05, 0) is 47.9 Å². The van der Waals surface area contributed by atoms with Gasteiger partial charge in [0.05, 0.1) is 12.5 Å². The molecule has 1 heterocycles. The van der Waals surface area contributed by atoms with Crippen LogP contribution in [0.2, 0.25) is 0 Å². The van der Waals surface area contributed by atoms with E-state index in [-0.39, 0.29) is 17.9 Å². The molecule has 2 aromatic carbocycles. The van der Waals surface area contributed by atoms with E-state index >= 15 is 0 Å². The van der Waals surface area contributed by atoms with Crippen LogP contribution >= 0.6 is 0 Å². The molecule has 0 saturated carbocycles. The summed E-state index contributed by atoms with van der Waals surface area (Å²) in [4.78, 5) is 26.8. The summed E-state index contributed by atoms with van der Waals surface area (Å²) in [6, 6.07) is 16.6. The second-order valence-electron chi connectivity index (χ2n) is 7.97. The van der Waals surface area contributed by atoms with E-state index in [1.54, 1.807) is 6.92 Å². The molecule has 1 aliphatic heterocycles. The third kappa shape index (κ3) is 3.82. The number of amides is 2. The molecule has 4 rings (SSSR count). The Labute approximate surface area is 166 Å². The average molecular weight is 377 g/mol. The van der Waals surface area contributed by atoms with E-state index in [1.807, 2.05) is 17.0 Å². The quantitative estimate of drug-likeness (QED) is 0.883. The summed E-state index contributed by atoms with van der Waals surface area (Å²) in [6.07, 6.45) is 4.60. The predicted octanol–water partition coefficient (Wildman–Crippen LogP) is 3.76. The highest BCUT2D eigenvalue weighted by Crippen LogP contribution is 2.33. The first-order valence-electron chi connectivity index (χ1n) is 10.3. The van der Waals surface area contributed by atoms with Crippen LogP contribution in [0, 0.1) is 0 Å². The summed E-state index contributed by atoms with van der Waals surface area (Å²) in [5.41, 5.74) is 5.15. The zero-order valence-electron chi connectivity index (χ0n) is 16.5. The van der Waals surface area contributed by atoms with E-state index in [1.165, 1.54) is 23.1 Å². The van der Waals surface area contributed by atoms with Gasteiger partial charge in [0.2, 0.25) is 11.8 Å². The Balaban J connectivity index is 1.44. The molecule has 0 spiro atoms. The Morgan fingerprint density at radius 3 is 2.43 bits per heavy atom. The molecule has 0 bridgehead atoms. The van der Waals surface area contributed by atoms with Gasteiger partial charge in [-0.25, -0.2) is 0 Å². The fraction of sp³-hybridized carbons (Fsp3) is 0.417. The zero-order chi connectivity index (χ0) is 19.5. The number of fused-ring (bicyclic) bond motifs is 2. The van der Waals surface area contributed by atoms with Crippen molar-refractivity contribution in [3.63, 3.8) is 0 Å². The summed E-state index contributed by atoms with van der Waals surface area (Å²) in [6.45, 7) is 2.95. The number of carbonyl (C=O) groups excluding carboxylic acids is 2. The Bertz CT molecular complexity index is 876. The largest absolute Gasteiger partial charge is 0.355 e. The van der Waals surface area contributed by atoms with Crippen molar-refractivity contribution in [1.82, 2.24) is 10.2 Å². The minimum Gasteiger partial charge on any atom is -0.355 e. The SMILES string of the molecule is CC(=O)N1CCc2ccccc2C1CC(=O)NCC1CCCc2ccccc21. The van der Waals surface area contributed by atoms with Gasteiger partial charge in [-0.2, -0.15) is 0 Å². The lowest BCUT2D eigenvalue weighted by atomic mass is 9.83. The van der Waals surface area contributed by atoms with Crippen LogP contribution in [0.1, 0.15) is 60.4 Å². The van der Waals surface area contributed by atoms with Crippen molar-refractivity contribution in [3.05, 3.63) is 70.8 Å². The van der Waals surface area contributed by atoms with Crippen molar-refractivity contribution in [2.45, 2.75) is 51.0 Å². The molecule has 4 heteroatoms. The molecule has 2 aromatic rings. The van der Waals surface area contributed by atoms with Gasteiger partial charge in [-0.15, -0.1) is 0 Å². The molecule has 0 fully saturated rings. The maximum absolute atomic E-state index is 12.8. The summed E-state index contributed by atoms with van der Waals surface area (Å²) in [7, 11) is 0. The van der Waals surface area contributed by atoms with Gasteiger partial charge < -0.3 is 10.2 Å². The molecule has 1 aliphatic carbocycles. The summed E-state index contributed by atoms with van der Waals surface area (Å²) < 4.78 is 0. The highest BCUT2D eigenvalue weighted by Gasteiger charge is 2.31. The van der Waals surface area contributed by atoms with Gasteiger partial charge in [0.1, 0.15) is 0 Å². The molecule has 2 aliphatic rings. The van der Waals surface area contributed by atoms with E-state index in [9.17, 15) is 9.59 Å². The van der Waals surface area contributed by atoms with Crippen molar-refractivity contribution in [2.75, 3.05) is 13.1 Å². The van der Waals surface area contributed by atoms with E-state index in [2.05, 4.69) is 41.7 Å². The molecule has 0 aromatic heterocycles. The van der Waals surface area contributed by atoms with Crippen molar-refractivity contribution in [2.24, 2.45) is 0 Å². The number of nitrogens with zero attached hydrogens (tertiary/aromatic N) is 1. The van der Waals surface area contributed by atoms with Crippen molar-refractivity contribution < 1.29 is 9.59 Å². The fourth-order valence-electron chi connectivity index (χ4n) is 4.80. The van der Waals surface area contributed by atoms with Crippen molar-refractivity contribution >= 4 is 11.8 Å². The monoisotopic (exact) mass is 376 g/mol. The first-order chi connectivity index (χ1) is 13.6. The van der Waals surface area contributed by atoms with Crippen LogP contribution in [-0.4, -0.2) is 29.8 Å². The first kappa shape index (κ1) is 18.7. The number of aryl methyl sites for hydroxylation is 1. The van der Waals surface area contributed by atoms with Gasteiger partial charge in [0.25, 0.3) is 0 Å². The van der Waals surface area contributed by atoms with Crippen molar-refractivity contribution in [1.29, 1.82) is 0 Å². The van der Waals surface area contributed by atoms with Gasteiger partial charge in [-0.3, -0.25) is 9.59 Å². The zero-order valence-corrected chi connectivity index (χ0v) is 16.5. The van der Waals surface area contributed by atoms with Gasteiger partial charge >= 0.3 is 0 Å². The summed E-state index contributed by atoms with van der Waals surface area (Å²) in [5.74, 6) is 0.445. The average Bonchev–Trinajstić information content (AvgIpc) is 2.72. The molecule has 28 heavy (non-hydrogen) atoms. The second-order valence-corrected chi connectivity index (χ2v) is 7.97. The smallest absolute Gasteiger partial charge is 0.222 e. The Kier molecular flexibility index (Phi) is 5.47. The standard InChI is InChI=1S/C24H28N2O2/c1-17(27)26-14-13-19-8-3-5-12-22(19)23(26)15-24(28)25-16-20-10-6-9-18-7-2-4-11-21(18)20/h2-5,7-8,11-12,20,23H,6,9-10,13-16H2,1H3,(H,25,28). The van der Waals surface area contributed by atoms with E-state index in [4.69, 9.17) is 0 Å². The van der Waals surface area contributed by atoms with Gasteiger partial charge in [0.15, 0.2) is 0 Å². The van der Waals surface area contributed by atoms with Crippen LogP contribution in [0.3, 0.4) is 0 Å². The molecule has 146 valence electrons. The molecule has 1 N–H and O–H groups in total. The van der Waals surface area contributed by atoms with Gasteiger partial charge in [0, 0.05) is 25.9 Å². The van der Waals surface area contributed by atoms with Gasteiger partial charge in [-0.1, -0.05) is 48.5 Å².